The number of aromatic nitrogens is 2. The smallest absolute Gasteiger partial charge is 0.286 e. The molecular weight excluding hydrogens is 312 g/mol. The number of carbonyl (C=O) groups is 1. The SMILES string of the molecule is O=C(CO[C@@H]1CCOc2c1n[nH]c(=O)c2Cl)N1CCNCC1. The third kappa shape index (κ3) is 3.08. The average Bonchev–Trinajstić information content (AvgIpc) is 2.57. The summed E-state index contributed by atoms with van der Waals surface area (Å²) in [5, 5.41) is 9.41. The zero-order valence-corrected chi connectivity index (χ0v) is 12.7. The number of amides is 1. The molecule has 3 rings (SSSR count). The van der Waals surface area contributed by atoms with Crippen LogP contribution in [0.1, 0.15) is 18.2 Å². The van der Waals surface area contributed by atoms with E-state index in [9.17, 15) is 9.59 Å². The molecule has 22 heavy (non-hydrogen) atoms. The minimum absolute atomic E-state index is 0.0253. The number of nitrogens with zero attached hydrogens (tertiary/aromatic N) is 2. The number of rotatable bonds is 3. The summed E-state index contributed by atoms with van der Waals surface area (Å²) in [7, 11) is 0. The lowest BCUT2D eigenvalue weighted by Gasteiger charge is -2.29. The first-order chi connectivity index (χ1) is 10.7. The van der Waals surface area contributed by atoms with Gasteiger partial charge in [0.2, 0.25) is 5.91 Å². The van der Waals surface area contributed by atoms with Gasteiger partial charge in [-0.3, -0.25) is 9.59 Å². The number of nitrogens with one attached hydrogen (secondary N) is 2. The van der Waals surface area contributed by atoms with E-state index in [2.05, 4.69) is 15.5 Å². The second kappa shape index (κ2) is 6.64. The Morgan fingerprint density at radius 2 is 2.23 bits per heavy atom. The van der Waals surface area contributed by atoms with Crippen molar-refractivity contribution in [1.29, 1.82) is 0 Å². The summed E-state index contributed by atoms with van der Waals surface area (Å²) in [6.07, 6.45) is 0.141. The Morgan fingerprint density at radius 1 is 1.45 bits per heavy atom. The molecule has 0 radical (unpaired) electrons. The molecule has 0 bridgehead atoms. The summed E-state index contributed by atoms with van der Waals surface area (Å²) >= 11 is 5.91. The number of piperazine rings is 1. The van der Waals surface area contributed by atoms with Gasteiger partial charge in [-0.2, -0.15) is 5.10 Å². The maximum atomic E-state index is 12.1. The molecule has 9 heteroatoms. The van der Waals surface area contributed by atoms with E-state index in [4.69, 9.17) is 21.1 Å². The molecule has 0 spiro atoms. The second-order valence-corrected chi connectivity index (χ2v) is 5.53. The summed E-state index contributed by atoms with van der Waals surface area (Å²) in [5.41, 5.74) is -0.0677. The van der Waals surface area contributed by atoms with E-state index < -0.39 is 11.7 Å². The Morgan fingerprint density at radius 3 is 3.00 bits per heavy atom. The van der Waals surface area contributed by atoms with Crippen LogP contribution in [0.3, 0.4) is 0 Å². The molecule has 1 aromatic rings. The van der Waals surface area contributed by atoms with E-state index in [1.165, 1.54) is 0 Å². The monoisotopic (exact) mass is 328 g/mol. The summed E-state index contributed by atoms with van der Waals surface area (Å²) in [4.78, 5) is 25.3. The lowest BCUT2D eigenvalue weighted by molar-refractivity contribution is -0.139. The summed E-state index contributed by atoms with van der Waals surface area (Å²) in [6.45, 7) is 3.30. The van der Waals surface area contributed by atoms with Crippen LogP contribution in [-0.4, -0.2) is 60.4 Å². The largest absolute Gasteiger partial charge is 0.490 e. The maximum absolute atomic E-state index is 12.1. The number of H-pyrrole nitrogens is 1. The predicted molar refractivity (Wildman–Crippen MR) is 78.1 cm³/mol. The van der Waals surface area contributed by atoms with Crippen LogP contribution in [0.25, 0.3) is 0 Å². The molecule has 0 saturated carbocycles. The molecule has 120 valence electrons. The minimum Gasteiger partial charge on any atom is -0.490 e. The van der Waals surface area contributed by atoms with Crippen LogP contribution in [0.2, 0.25) is 5.02 Å². The van der Waals surface area contributed by atoms with Crippen molar-refractivity contribution < 1.29 is 14.3 Å². The number of aromatic amines is 1. The Balaban J connectivity index is 1.66. The third-order valence-corrected chi connectivity index (χ3v) is 4.06. The fraction of sp³-hybridized carbons (Fsp3) is 0.615. The van der Waals surface area contributed by atoms with Gasteiger partial charge in [-0.05, 0) is 0 Å². The molecule has 1 fully saturated rings. The van der Waals surface area contributed by atoms with Gasteiger partial charge in [-0.15, -0.1) is 0 Å². The Kier molecular flexibility index (Phi) is 4.60. The first kappa shape index (κ1) is 15.3. The summed E-state index contributed by atoms with van der Waals surface area (Å²) in [5.74, 6) is 0.196. The van der Waals surface area contributed by atoms with Crippen molar-refractivity contribution in [1.82, 2.24) is 20.4 Å². The van der Waals surface area contributed by atoms with Crippen molar-refractivity contribution in [2.75, 3.05) is 39.4 Å². The van der Waals surface area contributed by atoms with Crippen molar-refractivity contribution >= 4 is 17.5 Å². The molecule has 2 aliphatic rings. The van der Waals surface area contributed by atoms with Crippen LogP contribution in [0.5, 0.6) is 5.75 Å². The molecule has 1 atom stereocenters. The van der Waals surface area contributed by atoms with Gasteiger partial charge in [-0.25, -0.2) is 5.10 Å². The molecule has 2 aliphatic heterocycles. The zero-order valence-electron chi connectivity index (χ0n) is 11.9. The molecule has 1 amide bonds. The van der Waals surface area contributed by atoms with E-state index in [1.54, 1.807) is 4.90 Å². The van der Waals surface area contributed by atoms with Crippen molar-refractivity contribution in [2.45, 2.75) is 12.5 Å². The predicted octanol–water partition coefficient (Wildman–Crippen LogP) is -0.305. The van der Waals surface area contributed by atoms with Crippen molar-refractivity contribution in [3.8, 4) is 5.75 Å². The van der Waals surface area contributed by atoms with E-state index in [0.717, 1.165) is 13.1 Å². The van der Waals surface area contributed by atoms with Gasteiger partial charge < -0.3 is 19.7 Å². The standard InChI is InChI=1S/C13H17ClN4O4/c14-10-12-11(16-17-13(10)20)8(1-6-21-12)22-7-9(19)18-4-2-15-3-5-18/h8,15H,1-7H2,(H,17,20)/t8-/m1/s1. The highest BCUT2D eigenvalue weighted by Gasteiger charge is 2.28. The number of halogens is 1. The summed E-state index contributed by atoms with van der Waals surface area (Å²) < 4.78 is 11.1. The Labute approximate surface area is 131 Å². The van der Waals surface area contributed by atoms with Crippen LogP contribution in [0.15, 0.2) is 4.79 Å². The zero-order chi connectivity index (χ0) is 15.5. The van der Waals surface area contributed by atoms with Crippen molar-refractivity contribution in [3.63, 3.8) is 0 Å². The molecule has 1 aromatic heterocycles. The van der Waals surface area contributed by atoms with Gasteiger partial charge in [0, 0.05) is 32.6 Å². The van der Waals surface area contributed by atoms with E-state index in [-0.39, 0.29) is 23.3 Å². The van der Waals surface area contributed by atoms with Gasteiger partial charge in [0.05, 0.1) is 6.61 Å². The van der Waals surface area contributed by atoms with Gasteiger partial charge in [-0.1, -0.05) is 11.6 Å². The van der Waals surface area contributed by atoms with Crippen LogP contribution in [0, 0.1) is 0 Å². The molecule has 3 heterocycles. The average molecular weight is 329 g/mol. The number of hydrogen-bond donors (Lipinski definition) is 2. The van der Waals surface area contributed by atoms with E-state index >= 15 is 0 Å². The molecule has 2 N–H and O–H groups in total. The van der Waals surface area contributed by atoms with Gasteiger partial charge in [0.15, 0.2) is 10.8 Å². The Bertz CT molecular complexity index is 615. The van der Waals surface area contributed by atoms with Crippen LogP contribution in [-0.2, 0) is 9.53 Å². The fourth-order valence-electron chi connectivity index (χ4n) is 2.53. The molecular formula is C13H17ClN4O4. The highest BCUT2D eigenvalue weighted by molar-refractivity contribution is 6.31. The normalized spacial score (nSPS) is 21.1. The minimum atomic E-state index is -0.502. The second-order valence-electron chi connectivity index (χ2n) is 5.15. The van der Waals surface area contributed by atoms with Crippen molar-refractivity contribution in [3.05, 3.63) is 21.1 Å². The quantitative estimate of drug-likeness (QED) is 0.790. The highest BCUT2D eigenvalue weighted by Crippen LogP contribution is 2.35. The molecule has 0 aromatic carbocycles. The number of fused-ring (bicyclic) bond motifs is 1. The lowest BCUT2D eigenvalue weighted by Crippen LogP contribution is -2.47. The first-order valence-corrected chi connectivity index (χ1v) is 7.55. The first-order valence-electron chi connectivity index (χ1n) is 7.18. The molecule has 0 aliphatic carbocycles. The number of hydrogen-bond acceptors (Lipinski definition) is 6. The van der Waals surface area contributed by atoms with E-state index in [0.29, 0.717) is 31.8 Å². The number of carbonyl (C=O) groups excluding carboxylic acids is 1. The lowest BCUT2D eigenvalue weighted by atomic mass is 10.1. The highest BCUT2D eigenvalue weighted by atomic mass is 35.5. The fourth-order valence-corrected chi connectivity index (χ4v) is 2.72. The van der Waals surface area contributed by atoms with Crippen LogP contribution < -0.4 is 15.6 Å². The molecule has 8 nitrogen and oxygen atoms in total. The van der Waals surface area contributed by atoms with Gasteiger partial charge in [0.1, 0.15) is 18.4 Å². The Hall–Kier alpha value is -1.64. The van der Waals surface area contributed by atoms with Crippen LogP contribution in [0.4, 0.5) is 0 Å². The molecule has 0 unspecified atom stereocenters. The summed E-state index contributed by atoms with van der Waals surface area (Å²) in [6, 6.07) is 0. The third-order valence-electron chi connectivity index (χ3n) is 3.72. The van der Waals surface area contributed by atoms with Gasteiger partial charge >= 0.3 is 0 Å². The molecule has 1 saturated heterocycles. The van der Waals surface area contributed by atoms with E-state index in [1.807, 2.05) is 0 Å². The maximum Gasteiger partial charge on any atom is 0.286 e. The van der Waals surface area contributed by atoms with Gasteiger partial charge in [0.25, 0.3) is 5.56 Å². The van der Waals surface area contributed by atoms with Crippen molar-refractivity contribution in [2.24, 2.45) is 0 Å². The van der Waals surface area contributed by atoms with Crippen LogP contribution >= 0.6 is 11.6 Å². The number of ether oxygens (including phenoxy) is 2. The topological polar surface area (TPSA) is 96.5 Å².